The fraction of sp³-hybridized carbons (Fsp3) is 0.650. The normalized spacial score (nSPS) is 15.5. The molecular weight excluding hydrogens is 452 g/mol. The van der Waals surface area contributed by atoms with E-state index in [-0.39, 0.29) is 12.3 Å². The maximum absolute atomic E-state index is 13.0. The van der Waals surface area contributed by atoms with E-state index in [0.717, 1.165) is 0 Å². The zero-order valence-corrected chi connectivity index (χ0v) is 19.9. The van der Waals surface area contributed by atoms with Gasteiger partial charge in [0.1, 0.15) is 18.1 Å². The number of aromatic amines is 1. The Kier molecular flexibility index (Phi) is 12.5. The summed E-state index contributed by atoms with van der Waals surface area (Å²) in [5, 5.41) is 25.8. The molecule has 13 heteroatoms. The molecule has 1 rings (SSSR count). The monoisotopic (exact) mass is 486 g/mol. The Morgan fingerprint density at radius 2 is 1.82 bits per heavy atom. The first kappa shape index (κ1) is 28.4. The molecule has 1 aromatic rings. The van der Waals surface area contributed by atoms with Gasteiger partial charge in [-0.3, -0.25) is 14.4 Å². The molecule has 33 heavy (non-hydrogen) atoms. The molecule has 0 aliphatic heterocycles. The van der Waals surface area contributed by atoms with Gasteiger partial charge in [-0.05, 0) is 24.3 Å². The molecule has 186 valence electrons. The largest absolute Gasteiger partial charge is 0.480 e. The van der Waals surface area contributed by atoms with Crippen molar-refractivity contribution in [2.24, 2.45) is 11.7 Å². The number of nitrogens with zero attached hydrogens (tertiary/aromatic N) is 1. The molecule has 0 bridgehead atoms. The second kappa shape index (κ2) is 14.5. The molecular formula is C20H34N6O6S. The number of carboxylic acid groups (broad SMARTS) is 1. The van der Waals surface area contributed by atoms with Gasteiger partial charge in [0.25, 0.3) is 0 Å². The second-order valence-electron chi connectivity index (χ2n) is 7.68. The number of imidazole rings is 1. The Morgan fingerprint density at radius 3 is 2.33 bits per heavy atom. The van der Waals surface area contributed by atoms with E-state index in [9.17, 15) is 24.3 Å². The highest BCUT2D eigenvalue weighted by atomic mass is 32.2. The molecule has 0 aromatic carbocycles. The number of aromatic nitrogens is 2. The highest BCUT2D eigenvalue weighted by molar-refractivity contribution is 7.98. The number of aliphatic carboxylic acids is 1. The number of hydrogen-bond acceptors (Lipinski definition) is 8. The number of carbonyl (C=O) groups excluding carboxylic acids is 3. The van der Waals surface area contributed by atoms with Gasteiger partial charge in [-0.2, -0.15) is 11.8 Å². The van der Waals surface area contributed by atoms with E-state index in [4.69, 9.17) is 10.8 Å². The summed E-state index contributed by atoms with van der Waals surface area (Å²) in [6, 6.07) is -4.40. The highest BCUT2D eigenvalue weighted by Gasteiger charge is 2.32. The van der Waals surface area contributed by atoms with Gasteiger partial charge in [0.2, 0.25) is 17.7 Å². The van der Waals surface area contributed by atoms with Crippen LogP contribution < -0.4 is 21.7 Å². The minimum atomic E-state index is -1.49. The van der Waals surface area contributed by atoms with Crippen molar-refractivity contribution in [1.29, 1.82) is 0 Å². The number of carbonyl (C=O) groups is 4. The lowest BCUT2D eigenvalue weighted by Crippen LogP contribution is -2.59. The summed E-state index contributed by atoms with van der Waals surface area (Å²) in [4.78, 5) is 56.2. The number of carboxylic acids is 1. The molecule has 1 aromatic heterocycles. The number of nitrogens with two attached hydrogens (primary N) is 1. The van der Waals surface area contributed by atoms with E-state index in [1.807, 2.05) is 13.2 Å². The quantitative estimate of drug-likeness (QED) is 0.156. The lowest BCUT2D eigenvalue weighted by atomic mass is 9.97. The summed E-state index contributed by atoms with van der Waals surface area (Å²) >= 11 is 1.49. The van der Waals surface area contributed by atoms with Crippen LogP contribution in [0, 0.1) is 5.92 Å². The molecule has 5 unspecified atom stereocenters. The zero-order valence-electron chi connectivity index (χ0n) is 19.0. The summed E-state index contributed by atoms with van der Waals surface area (Å²) in [5.74, 6) is -2.99. The number of rotatable bonds is 15. The molecule has 8 N–H and O–H groups in total. The summed E-state index contributed by atoms with van der Waals surface area (Å²) in [7, 11) is 0. The number of H-pyrrole nitrogens is 1. The predicted molar refractivity (Wildman–Crippen MR) is 123 cm³/mol. The molecule has 0 spiro atoms. The van der Waals surface area contributed by atoms with Crippen LogP contribution in [0.4, 0.5) is 0 Å². The number of aliphatic hydroxyl groups excluding tert-OH is 1. The van der Waals surface area contributed by atoms with Crippen LogP contribution in [0.3, 0.4) is 0 Å². The molecule has 3 amide bonds. The van der Waals surface area contributed by atoms with Crippen molar-refractivity contribution >= 4 is 35.5 Å². The first-order valence-electron chi connectivity index (χ1n) is 10.6. The summed E-state index contributed by atoms with van der Waals surface area (Å²) in [6.45, 7) is 2.76. The number of thioether (sulfide) groups is 1. The molecule has 0 aliphatic carbocycles. The van der Waals surface area contributed by atoms with E-state index in [1.165, 1.54) is 18.1 Å². The highest BCUT2D eigenvalue weighted by Crippen LogP contribution is 2.10. The van der Waals surface area contributed by atoms with Gasteiger partial charge >= 0.3 is 5.97 Å². The average Bonchev–Trinajstić information content (AvgIpc) is 3.30. The lowest BCUT2D eigenvalue weighted by molar-refractivity contribution is -0.143. The molecule has 0 aliphatic rings. The summed E-state index contributed by atoms with van der Waals surface area (Å²) in [5.41, 5.74) is 6.64. The Balaban J connectivity index is 2.91. The Bertz CT molecular complexity index is 777. The van der Waals surface area contributed by atoms with Gasteiger partial charge in [0.05, 0.1) is 19.0 Å². The SMILES string of the molecule is CCC(C)C(NC(=O)C(CCSC)NC(=O)C(N)Cc1cnc[nH]1)C(=O)NC(CO)C(=O)O. The fourth-order valence-corrected chi connectivity index (χ4v) is 3.38. The van der Waals surface area contributed by atoms with Crippen molar-refractivity contribution in [3.05, 3.63) is 18.2 Å². The van der Waals surface area contributed by atoms with Crippen molar-refractivity contribution < 1.29 is 29.4 Å². The molecule has 0 saturated carbocycles. The van der Waals surface area contributed by atoms with Gasteiger partial charge < -0.3 is 36.9 Å². The van der Waals surface area contributed by atoms with E-state index < -0.39 is 54.5 Å². The van der Waals surface area contributed by atoms with Gasteiger partial charge in [0.15, 0.2) is 0 Å². The van der Waals surface area contributed by atoms with E-state index in [1.54, 1.807) is 13.1 Å². The van der Waals surface area contributed by atoms with Gasteiger partial charge in [-0.1, -0.05) is 20.3 Å². The molecule has 1 heterocycles. The Labute approximate surface area is 196 Å². The Morgan fingerprint density at radius 1 is 1.15 bits per heavy atom. The smallest absolute Gasteiger partial charge is 0.328 e. The Hall–Kier alpha value is -2.64. The van der Waals surface area contributed by atoms with Crippen molar-refractivity contribution in [3.8, 4) is 0 Å². The number of hydrogen-bond donors (Lipinski definition) is 7. The first-order valence-corrected chi connectivity index (χ1v) is 12.0. The predicted octanol–water partition coefficient (Wildman–Crippen LogP) is -1.39. The molecule has 12 nitrogen and oxygen atoms in total. The number of amides is 3. The molecule has 5 atom stereocenters. The van der Waals surface area contributed by atoms with Crippen molar-refractivity contribution in [2.75, 3.05) is 18.6 Å². The summed E-state index contributed by atoms with van der Waals surface area (Å²) < 4.78 is 0. The van der Waals surface area contributed by atoms with Gasteiger partial charge in [-0.25, -0.2) is 9.78 Å². The van der Waals surface area contributed by atoms with Crippen LogP contribution in [-0.2, 0) is 25.6 Å². The van der Waals surface area contributed by atoms with Gasteiger partial charge in [-0.15, -0.1) is 0 Å². The lowest BCUT2D eigenvalue weighted by Gasteiger charge is -2.27. The maximum Gasteiger partial charge on any atom is 0.328 e. The third-order valence-electron chi connectivity index (χ3n) is 5.17. The van der Waals surface area contributed by atoms with E-state index in [0.29, 0.717) is 24.3 Å². The molecule has 0 saturated heterocycles. The number of aliphatic hydroxyl groups is 1. The van der Waals surface area contributed by atoms with E-state index >= 15 is 0 Å². The van der Waals surface area contributed by atoms with Crippen molar-refractivity contribution in [3.63, 3.8) is 0 Å². The first-order chi connectivity index (χ1) is 15.6. The zero-order chi connectivity index (χ0) is 25.0. The van der Waals surface area contributed by atoms with Crippen LogP contribution >= 0.6 is 11.8 Å². The fourth-order valence-electron chi connectivity index (χ4n) is 2.91. The molecule has 0 radical (unpaired) electrons. The third kappa shape index (κ3) is 9.40. The molecule has 0 fully saturated rings. The second-order valence-corrected chi connectivity index (χ2v) is 8.67. The standard InChI is InChI=1S/C20H34N6O6S/c1-4-11(2)16(19(30)25-15(9-27)20(31)32)26-18(29)14(5-6-33-3)24-17(28)13(21)7-12-8-22-10-23-12/h8,10-11,13-16,27H,4-7,9,21H2,1-3H3,(H,22,23)(H,24,28)(H,25,30)(H,26,29)(H,31,32). The average molecular weight is 487 g/mol. The van der Waals surface area contributed by atoms with Crippen molar-refractivity contribution in [2.45, 2.75) is 57.3 Å². The van der Waals surface area contributed by atoms with Crippen LogP contribution in [0.2, 0.25) is 0 Å². The minimum absolute atomic E-state index is 0.207. The van der Waals surface area contributed by atoms with Crippen LogP contribution in [-0.4, -0.2) is 86.7 Å². The van der Waals surface area contributed by atoms with Crippen LogP contribution in [0.25, 0.3) is 0 Å². The van der Waals surface area contributed by atoms with Crippen LogP contribution in [0.15, 0.2) is 12.5 Å². The van der Waals surface area contributed by atoms with Crippen molar-refractivity contribution in [1.82, 2.24) is 25.9 Å². The van der Waals surface area contributed by atoms with Gasteiger partial charge in [0, 0.05) is 18.3 Å². The minimum Gasteiger partial charge on any atom is -0.480 e. The van der Waals surface area contributed by atoms with Crippen LogP contribution in [0.5, 0.6) is 0 Å². The third-order valence-corrected chi connectivity index (χ3v) is 5.81. The maximum atomic E-state index is 13.0. The number of nitrogens with one attached hydrogen (secondary N) is 4. The topological polar surface area (TPSA) is 200 Å². The van der Waals surface area contributed by atoms with Crippen LogP contribution in [0.1, 0.15) is 32.4 Å². The summed E-state index contributed by atoms with van der Waals surface area (Å²) in [6.07, 6.45) is 5.91. The van der Waals surface area contributed by atoms with E-state index in [2.05, 4.69) is 25.9 Å².